The monoisotopic (exact) mass is 522 g/mol. The Bertz CT molecular complexity index is 1410. The SMILES string of the molecule is O=C(NCc1ccc(F)cc1F)c1cn2c(c(OCc3ccccc3)c1=O)C(=O)N1CCCCCCN2C1. The van der Waals surface area contributed by atoms with Crippen molar-refractivity contribution in [2.24, 2.45) is 0 Å². The summed E-state index contributed by atoms with van der Waals surface area (Å²) in [5.41, 5.74) is -0.0127. The highest BCUT2D eigenvalue weighted by Crippen LogP contribution is 2.25. The number of hydrogen-bond donors (Lipinski definition) is 1. The van der Waals surface area contributed by atoms with E-state index in [1.807, 2.05) is 35.3 Å². The fourth-order valence-electron chi connectivity index (χ4n) is 4.74. The lowest BCUT2D eigenvalue weighted by molar-refractivity contribution is 0.0683. The summed E-state index contributed by atoms with van der Waals surface area (Å²) in [6.07, 6.45) is 5.11. The number of carbonyl (C=O) groups is 2. The molecule has 198 valence electrons. The fourth-order valence-corrected chi connectivity index (χ4v) is 4.74. The molecule has 8 nitrogen and oxygen atoms in total. The van der Waals surface area contributed by atoms with Gasteiger partial charge in [-0.3, -0.25) is 24.1 Å². The number of ether oxygens (including phenoxy) is 1. The van der Waals surface area contributed by atoms with E-state index < -0.39 is 23.0 Å². The summed E-state index contributed by atoms with van der Waals surface area (Å²) in [7, 11) is 0. The van der Waals surface area contributed by atoms with Crippen molar-refractivity contribution < 1.29 is 23.1 Å². The van der Waals surface area contributed by atoms with Crippen molar-refractivity contribution in [2.45, 2.75) is 38.8 Å². The molecule has 3 heterocycles. The molecule has 0 aliphatic carbocycles. The molecule has 38 heavy (non-hydrogen) atoms. The Morgan fingerprint density at radius 2 is 1.74 bits per heavy atom. The van der Waals surface area contributed by atoms with Gasteiger partial charge in [0.25, 0.3) is 11.8 Å². The van der Waals surface area contributed by atoms with E-state index >= 15 is 0 Å². The first-order chi connectivity index (χ1) is 18.4. The van der Waals surface area contributed by atoms with Crippen LogP contribution in [0, 0.1) is 11.6 Å². The highest BCUT2D eigenvalue weighted by Gasteiger charge is 2.35. The molecule has 1 fully saturated rings. The van der Waals surface area contributed by atoms with Crippen LogP contribution in [0.15, 0.2) is 59.5 Å². The van der Waals surface area contributed by atoms with Gasteiger partial charge in [0.05, 0.1) is 0 Å². The second-order valence-corrected chi connectivity index (χ2v) is 9.44. The van der Waals surface area contributed by atoms with E-state index in [4.69, 9.17) is 4.74 Å². The molecule has 2 bridgehead atoms. The van der Waals surface area contributed by atoms with E-state index in [-0.39, 0.29) is 41.6 Å². The van der Waals surface area contributed by atoms with Crippen LogP contribution in [0.3, 0.4) is 0 Å². The van der Waals surface area contributed by atoms with Gasteiger partial charge < -0.3 is 15.0 Å². The number of amides is 2. The summed E-state index contributed by atoms with van der Waals surface area (Å²) in [6, 6.07) is 12.3. The molecule has 0 unspecified atom stereocenters. The number of benzene rings is 2. The van der Waals surface area contributed by atoms with E-state index in [0.717, 1.165) is 43.4 Å². The quantitative estimate of drug-likeness (QED) is 0.535. The van der Waals surface area contributed by atoms with Crippen LogP contribution < -0.4 is 20.5 Å². The molecule has 3 aromatic rings. The second kappa shape index (κ2) is 11.0. The van der Waals surface area contributed by atoms with Crippen LogP contribution in [0.2, 0.25) is 0 Å². The van der Waals surface area contributed by atoms with Crippen molar-refractivity contribution >= 4 is 11.8 Å². The Hall–Kier alpha value is -4.21. The van der Waals surface area contributed by atoms with Crippen LogP contribution in [0.5, 0.6) is 5.75 Å². The minimum Gasteiger partial charge on any atom is -0.482 e. The number of nitrogens with one attached hydrogen (secondary N) is 1. The fraction of sp³-hybridized carbons (Fsp3) is 0.321. The van der Waals surface area contributed by atoms with Crippen molar-refractivity contribution in [3.63, 3.8) is 0 Å². The predicted octanol–water partition coefficient (Wildman–Crippen LogP) is 3.56. The van der Waals surface area contributed by atoms with Crippen LogP contribution in [0.25, 0.3) is 0 Å². The topological polar surface area (TPSA) is 83.9 Å². The summed E-state index contributed by atoms with van der Waals surface area (Å²) >= 11 is 0. The summed E-state index contributed by atoms with van der Waals surface area (Å²) in [4.78, 5) is 42.0. The number of nitrogens with zero attached hydrogens (tertiary/aromatic N) is 3. The first-order valence-electron chi connectivity index (χ1n) is 12.7. The van der Waals surface area contributed by atoms with Gasteiger partial charge in [-0.05, 0) is 24.5 Å². The number of rotatable bonds is 6. The molecule has 0 saturated carbocycles. The van der Waals surface area contributed by atoms with Gasteiger partial charge in [0.15, 0.2) is 11.4 Å². The number of fused-ring (bicyclic) bond motifs is 4. The molecule has 0 atom stereocenters. The van der Waals surface area contributed by atoms with Gasteiger partial charge in [-0.1, -0.05) is 49.2 Å². The van der Waals surface area contributed by atoms with Crippen molar-refractivity contribution in [1.82, 2.24) is 14.9 Å². The zero-order valence-corrected chi connectivity index (χ0v) is 20.8. The van der Waals surface area contributed by atoms with Gasteiger partial charge in [0.1, 0.15) is 30.5 Å². The van der Waals surface area contributed by atoms with Crippen molar-refractivity contribution in [1.29, 1.82) is 0 Å². The van der Waals surface area contributed by atoms with Crippen LogP contribution in [-0.2, 0) is 13.2 Å². The third-order valence-electron chi connectivity index (χ3n) is 6.79. The summed E-state index contributed by atoms with van der Waals surface area (Å²) in [6.45, 7) is 1.30. The number of halogens is 2. The summed E-state index contributed by atoms with van der Waals surface area (Å²) in [5, 5.41) is 4.46. The molecule has 1 aromatic heterocycles. The number of hydrogen-bond acceptors (Lipinski definition) is 5. The van der Waals surface area contributed by atoms with Crippen molar-refractivity contribution in [2.75, 3.05) is 24.8 Å². The van der Waals surface area contributed by atoms with E-state index in [1.165, 1.54) is 12.3 Å². The molecule has 5 rings (SSSR count). The Balaban J connectivity index is 1.53. The molecule has 1 saturated heterocycles. The van der Waals surface area contributed by atoms with Gasteiger partial charge in [-0.2, -0.15) is 0 Å². The highest BCUT2D eigenvalue weighted by molar-refractivity contribution is 5.99. The van der Waals surface area contributed by atoms with Crippen LogP contribution >= 0.6 is 0 Å². The number of carbonyl (C=O) groups excluding carboxylic acids is 2. The summed E-state index contributed by atoms with van der Waals surface area (Å²) in [5.74, 6) is -2.81. The first-order valence-corrected chi connectivity index (χ1v) is 12.7. The predicted molar refractivity (Wildman–Crippen MR) is 136 cm³/mol. The maximum atomic E-state index is 14.1. The van der Waals surface area contributed by atoms with E-state index in [0.29, 0.717) is 19.8 Å². The molecule has 10 heteroatoms. The van der Waals surface area contributed by atoms with E-state index in [2.05, 4.69) is 5.32 Å². The number of pyridine rings is 1. The Kier molecular flexibility index (Phi) is 7.39. The second-order valence-electron chi connectivity index (χ2n) is 9.44. The smallest absolute Gasteiger partial charge is 0.277 e. The molecular formula is C28H28F2N4O4. The van der Waals surface area contributed by atoms with Gasteiger partial charge in [0.2, 0.25) is 5.43 Å². The molecule has 2 amide bonds. The zero-order chi connectivity index (χ0) is 26.6. The van der Waals surface area contributed by atoms with Crippen LogP contribution in [0.4, 0.5) is 8.78 Å². The highest BCUT2D eigenvalue weighted by atomic mass is 19.1. The lowest BCUT2D eigenvalue weighted by atomic mass is 10.1. The Morgan fingerprint density at radius 3 is 2.50 bits per heavy atom. The van der Waals surface area contributed by atoms with Crippen molar-refractivity contribution in [3.05, 3.63) is 99.0 Å². The van der Waals surface area contributed by atoms with E-state index in [9.17, 15) is 23.2 Å². The molecule has 0 radical (unpaired) electrons. The molecule has 0 spiro atoms. The van der Waals surface area contributed by atoms with Crippen molar-refractivity contribution in [3.8, 4) is 5.75 Å². The van der Waals surface area contributed by atoms with Gasteiger partial charge in [-0.25, -0.2) is 8.78 Å². The molecule has 2 aliphatic rings. The molecular weight excluding hydrogens is 494 g/mol. The third kappa shape index (κ3) is 5.25. The standard InChI is InChI=1S/C28H28F2N4O4/c29-21-11-10-20(23(30)14-21)15-31-27(36)22-16-34-24(26(25(22)35)38-17-19-8-4-3-5-9-19)28(37)32-12-6-1-2-7-13-33(34)18-32/h3-5,8-11,14,16H,1-2,6-7,12-13,15,17-18H2,(H,31,36). The van der Waals surface area contributed by atoms with Crippen LogP contribution in [0.1, 0.15) is 57.7 Å². The first kappa shape index (κ1) is 25.4. The Morgan fingerprint density at radius 1 is 0.974 bits per heavy atom. The van der Waals surface area contributed by atoms with Crippen LogP contribution in [-0.4, -0.2) is 41.1 Å². The summed E-state index contributed by atoms with van der Waals surface area (Å²) < 4.78 is 34.9. The zero-order valence-electron chi connectivity index (χ0n) is 20.8. The maximum Gasteiger partial charge on any atom is 0.277 e. The maximum absolute atomic E-state index is 14.1. The largest absolute Gasteiger partial charge is 0.482 e. The Labute approximate surface area is 218 Å². The minimum absolute atomic E-state index is 0.0300. The average Bonchev–Trinajstić information content (AvgIpc) is 3.02. The van der Waals surface area contributed by atoms with E-state index in [1.54, 1.807) is 9.58 Å². The average molecular weight is 523 g/mol. The lowest BCUT2D eigenvalue weighted by Crippen LogP contribution is -2.55. The van der Waals surface area contributed by atoms with Gasteiger partial charge in [0, 0.05) is 37.5 Å². The molecule has 2 aromatic carbocycles. The molecule has 2 aliphatic heterocycles. The minimum atomic E-state index is -0.804. The third-order valence-corrected chi connectivity index (χ3v) is 6.79. The van der Waals surface area contributed by atoms with Gasteiger partial charge >= 0.3 is 0 Å². The van der Waals surface area contributed by atoms with Gasteiger partial charge in [-0.15, -0.1) is 0 Å². The lowest BCUT2D eigenvalue weighted by Gasteiger charge is -2.39. The normalized spacial score (nSPS) is 15.3. The number of aromatic nitrogens is 1. The molecule has 1 N–H and O–H groups in total.